The zero-order chi connectivity index (χ0) is 15.5. The molecule has 1 N–H and O–H groups in total. The Balaban J connectivity index is 1.58. The lowest BCUT2D eigenvalue weighted by atomic mass is 9.98. The number of hydrogen-bond acceptors (Lipinski definition) is 3. The second-order valence-electron chi connectivity index (χ2n) is 6.30. The molecule has 0 aromatic heterocycles. The van der Waals surface area contributed by atoms with Crippen molar-refractivity contribution in [3.63, 3.8) is 0 Å². The summed E-state index contributed by atoms with van der Waals surface area (Å²) in [7, 11) is 3.85. The topological polar surface area (TPSA) is 41.6 Å². The highest BCUT2D eigenvalue weighted by atomic mass is 16.5. The number of nitrogens with one attached hydrogen (secondary N) is 1. The maximum atomic E-state index is 12.1. The van der Waals surface area contributed by atoms with Gasteiger partial charge < -0.3 is 15.0 Å². The number of carbonyl (C=O) groups excluding carboxylic acids is 1. The molecule has 1 aromatic carbocycles. The van der Waals surface area contributed by atoms with Crippen LogP contribution >= 0.6 is 0 Å². The fourth-order valence-corrected chi connectivity index (χ4v) is 3.75. The molecular formula is C18H24N2O2. The second-order valence-corrected chi connectivity index (χ2v) is 6.30. The molecule has 1 amide bonds. The average molecular weight is 300 g/mol. The molecule has 2 unspecified atom stereocenters. The first-order chi connectivity index (χ1) is 10.7. The summed E-state index contributed by atoms with van der Waals surface area (Å²) in [5.74, 6) is 0.767. The lowest BCUT2D eigenvalue weighted by Crippen LogP contribution is -2.48. The molecule has 4 heteroatoms. The maximum absolute atomic E-state index is 12.1. The second kappa shape index (κ2) is 6.53. The van der Waals surface area contributed by atoms with Crippen molar-refractivity contribution < 1.29 is 9.53 Å². The molecule has 2 aliphatic rings. The first-order valence-electron chi connectivity index (χ1n) is 8.01. The summed E-state index contributed by atoms with van der Waals surface area (Å²) in [4.78, 5) is 14.6. The minimum absolute atomic E-state index is 0.0140. The number of hydrogen-bond donors (Lipinski definition) is 1. The first-order valence-corrected chi connectivity index (χ1v) is 8.01. The molecular weight excluding hydrogens is 276 g/mol. The van der Waals surface area contributed by atoms with E-state index < -0.39 is 0 Å². The van der Waals surface area contributed by atoms with E-state index in [4.69, 9.17) is 4.74 Å². The lowest BCUT2D eigenvalue weighted by Gasteiger charge is -2.36. The number of benzene rings is 1. The van der Waals surface area contributed by atoms with Crippen molar-refractivity contribution in [2.24, 2.45) is 0 Å². The molecule has 1 aromatic rings. The van der Waals surface area contributed by atoms with E-state index in [-0.39, 0.29) is 5.91 Å². The summed E-state index contributed by atoms with van der Waals surface area (Å²) in [6, 6.07) is 9.29. The summed E-state index contributed by atoms with van der Waals surface area (Å²) < 4.78 is 5.29. The van der Waals surface area contributed by atoms with Crippen LogP contribution in [0.3, 0.4) is 0 Å². The van der Waals surface area contributed by atoms with Crippen molar-refractivity contribution in [1.29, 1.82) is 0 Å². The van der Waals surface area contributed by atoms with Crippen LogP contribution < -0.4 is 10.1 Å². The van der Waals surface area contributed by atoms with Gasteiger partial charge in [0.05, 0.1) is 7.11 Å². The van der Waals surface area contributed by atoms with Crippen LogP contribution in [0, 0.1) is 0 Å². The van der Waals surface area contributed by atoms with Gasteiger partial charge in [0.25, 0.3) is 0 Å². The van der Waals surface area contributed by atoms with E-state index in [0.29, 0.717) is 18.1 Å². The molecule has 2 heterocycles. The van der Waals surface area contributed by atoms with Gasteiger partial charge in [-0.25, -0.2) is 0 Å². The van der Waals surface area contributed by atoms with Crippen LogP contribution in [-0.4, -0.2) is 43.1 Å². The zero-order valence-corrected chi connectivity index (χ0v) is 13.3. The molecule has 2 atom stereocenters. The maximum Gasteiger partial charge on any atom is 0.244 e. The van der Waals surface area contributed by atoms with Crippen molar-refractivity contribution in [2.75, 3.05) is 14.2 Å². The number of amides is 1. The van der Waals surface area contributed by atoms with Gasteiger partial charge in [0, 0.05) is 29.8 Å². The summed E-state index contributed by atoms with van der Waals surface area (Å²) >= 11 is 0. The van der Waals surface area contributed by atoms with E-state index in [0.717, 1.165) is 24.2 Å². The number of nitrogens with zero attached hydrogens (tertiary/aromatic N) is 1. The monoisotopic (exact) mass is 300 g/mol. The fraction of sp³-hybridized carbons (Fsp3) is 0.500. The van der Waals surface area contributed by atoms with Crippen molar-refractivity contribution >= 4 is 12.0 Å². The number of rotatable bonds is 4. The first kappa shape index (κ1) is 15.1. The fourth-order valence-electron chi connectivity index (χ4n) is 3.75. The van der Waals surface area contributed by atoms with Gasteiger partial charge in [0.1, 0.15) is 5.75 Å². The molecule has 0 radical (unpaired) electrons. The third-order valence-corrected chi connectivity index (χ3v) is 5.00. The van der Waals surface area contributed by atoms with Crippen molar-refractivity contribution in [1.82, 2.24) is 10.2 Å². The zero-order valence-electron chi connectivity index (χ0n) is 13.3. The van der Waals surface area contributed by atoms with Crippen molar-refractivity contribution in [3.05, 3.63) is 35.9 Å². The summed E-state index contributed by atoms with van der Waals surface area (Å²) in [5, 5.41) is 3.15. The minimum atomic E-state index is -0.0140. The number of para-hydroxylation sites is 1. The predicted octanol–water partition coefficient (Wildman–Crippen LogP) is 2.45. The Morgan fingerprint density at radius 1 is 1.27 bits per heavy atom. The molecule has 0 aliphatic carbocycles. The Kier molecular flexibility index (Phi) is 4.48. The van der Waals surface area contributed by atoms with Crippen LogP contribution in [-0.2, 0) is 4.79 Å². The SMILES string of the molecule is COc1ccccc1C=CC(=O)NC1CC2CCC(C1)N2C. The van der Waals surface area contributed by atoms with Gasteiger partial charge in [0.2, 0.25) is 5.91 Å². The highest BCUT2D eigenvalue weighted by Gasteiger charge is 2.38. The molecule has 2 bridgehead atoms. The van der Waals surface area contributed by atoms with E-state index >= 15 is 0 Å². The van der Waals surface area contributed by atoms with E-state index in [1.807, 2.05) is 30.3 Å². The van der Waals surface area contributed by atoms with E-state index in [1.165, 1.54) is 12.8 Å². The van der Waals surface area contributed by atoms with Crippen LogP contribution in [0.1, 0.15) is 31.2 Å². The molecule has 118 valence electrons. The molecule has 0 saturated carbocycles. The predicted molar refractivity (Wildman–Crippen MR) is 87.8 cm³/mol. The quantitative estimate of drug-likeness (QED) is 0.869. The molecule has 0 spiro atoms. The van der Waals surface area contributed by atoms with E-state index in [1.54, 1.807) is 13.2 Å². The average Bonchev–Trinajstić information content (AvgIpc) is 2.75. The number of carbonyl (C=O) groups is 1. The standard InChI is InChI=1S/C18H24N2O2/c1-20-15-8-9-16(20)12-14(11-15)19-18(21)10-7-13-5-3-4-6-17(13)22-2/h3-7,10,14-16H,8-9,11-12H2,1-2H3,(H,19,21). The number of ether oxygens (including phenoxy) is 1. The summed E-state index contributed by atoms with van der Waals surface area (Å²) in [6.45, 7) is 0. The smallest absolute Gasteiger partial charge is 0.244 e. The number of methoxy groups -OCH3 is 1. The van der Waals surface area contributed by atoms with Gasteiger partial charge in [-0.15, -0.1) is 0 Å². The van der Waals surface area contributed by atoms with E-state index in [2.05, 4.69) is 17.3 Å². The molecule has 22 heavy (non-hydrogen) atoms. The Bertz CT molecular complexity index is 556. The van der Waals surface area contributed by atoms with E-state index in [9.17, 15) is 4.79 Å². The van der Waals surface area contributed by atoms with Crippen molar-refractivity contribution in [3.8, 4) is 5.75 Å². The van der Waals surface area contributed by atoms with Crippen LogP contribution in [0.2, 0.25) is 0 Å². The Hall–Kier alpha value is -1.81. The molecule has 4 nitrogen and oxygen atoms in total. The van der Waals surface area contributed by atoms with Crippen LogP contribution in [0.25, 0.3) is 6.08 Å². The number of fused-ring (bicyclic) bond motifs is 2. The van der Waals surface area contributed by atoms with Gasteiger partial charge in [-0.3, -0.25) is 4.79 Å². The van der Waals surface area contributed by atoms with Gasteiger partial charge in [-0.05, 0) is 44.9 Å². The van der Waals surface area contributed by atoms with Crippen LogP contribution in [0.4, 0.5) is 0 Å². The lowest BCUT2D eigenvalue weighted by molar-refractivity contribution is -0.117. The Labute approximate surface area is 132 Å². The summed E-state index contributed by atoms with van der Waals surface area (Å²) in [5.41, 5.74) is 0.920. The Morgan fingerprint density at radius 3 is 2.64 bits per heavy atom. The largest absolute Gasteiger partial charge is 0.496 e. The van der Waals surface area contributed by atoms with Crippen LogP contribution in [0.5, 0.6) is 5.75 Å². The van der Waals surface area contributed by atoms with Crippen LogP contribution in [0.15, 0.2) is 30.3 Å². The normalized spacial score (nSPS) is 28.0. The molecule has 2 fully saturated rings. The van der Waals surface area contributed by atoms with Gasteiger partial charge in [0.15, 0.2) is 0 Å². The third-order valence-electron chi connectivity index (χ3n) is 5.00. The van der Waals surface area contributed by atoms with Crippen molar-refractivity contribution in [2.45, 2.75) is 43.8 Å². The van der Waals surface area contributed by atoms with Gasteiger partial charge in [-0.2, -0.15) is 0 Å². The van der Waals surface area contributed by atoms with Gasteiger partial charge >= 0.3 is 0 Å². The highest BCUT2D eigenvalue weighted by Crippen LogP contribution is 2.34. The van der Waals surface area contributed by atoms with Gasteiger partial charge in [-0.1, -0.05) is 18.2 Å². The molecule has 2 aliphatic heterocycles. The minimum Gasteiger partial charge on any atom is -0.496 e. The number of piperidine rings is 1. The third kappa shape index (κ3) is 3.17. The summed E-state index contributed by atoms with van der Waals surface area (Å²) in [6.07, 6.45) is 8.10. The molecule has 2 saturated heterocycles. The highest BCUT2D eigenvalue weighted by molar-refractivity contribution is 5.92. The Morgan fingerprint density at radius 2 is 1.95 bits per heavy atom. The molecule has 3 rings (SSSR count).